The van der Waals surface area contributed by atoms with Crippen LogP contribution in [0.1, 0.15) is 119 Å². The predicted octanol–water partition coefficient (Wildman–Crippen LogP) is 8.39. The van der Waals surface area contributed by atoms with Crippen LogP contribution in [0.15, 0.2) is 76.7 Å². The highest BCUT2D eigenvalue weighted by Crippen LogP contribution is 2.31. The summed E-state index contributed by atoms with van der Waals surface area (Å²) in [6.07, 6.45) is 30.0. The molecule has 50 heavy (non-hydrogen) atoms. The number of ether oxygens (including phenoxy) is 1. The SMILES string of the molecule is C#C.C=C1CCCC1CC.C=CN=c1n(C)c(CCC)c(Cc2ccc(C3=CCCC=C3CNC)cc2)c(=O)n1C1CCCCC1.COC=O. The second-order valence-corrected chi connectivity index (χ2v) is 13.1. The molecule has 0 bridgehead atoms. The quantitative estimate of drug-likeness (QED) is 0.147. The Balaban J connectivity index is 0.000000521. The van der Waals surface area contributed by atoms with Crippen LogP contribution in [0.3, 0.4) is 0 Å². The van der Waals surface area contributed by atoms with Gasteiger partial charge in [0.1, 0.15) is 0 Å². The van der Waals surface area contributed by atoms with Gasteiger partial charge in [0.25, 0.3) is 12.0 Å². The Morgan fingerprint density at radius 3 is 2.22 bits per heavy atom. The molecule has 7 heteroatoms. The zero-order valence-corrected chi connectivity index (χ0v) is 31.5. The molecule has 0 radical (unpaired) electrons. The molecular formula is C43H62N4O3. The van der Waals surface area contributed by atoms with Crippen LogP contribution in [-0.2, 0) is 29.4 Å². The summed E-state index contributed by atoms with van der Waals surface area (Å²) in [5, 5.41) is 3.29. The molecule has 2 saturated carbocycles. The van der Waals surface area contributed by atoms with Crippen LogP contribution in [0.5, 0.6) is 0 Å². The Kier molecular flexibility index (Phi) is 19.6. The minimum absolute atomic E-state index is 0.127. The second-order valence-electron chi connectivity index (χ2n) is 13.1. The number of nitrogens with one attached hydrogen (secondary N) is 1. The van der Waals surface area contributed by atoms with E-state index >= 15 is 0 Å². The first kappa shape index (κ1) is 42.0. The van der Waals surface area contributed by atoms with Gasteiger partial charge in [-0.2, -0.15) is 0 Å². The third-order valence-electron chi connectivity index (χ3n) is 9.86. The lowest BCUT2D eigenvalue weighted by Crippen LogP contribution is -2.46. The average Bonchev–Trinajstić information content (AvgIpc) is 3.59. The monoisotopic (exact) mass is 682 g/mol. The van der Waals surface area contributed by atoms with Crippen molar-refractivity contribution in [2.45, 2.75) is 110 Å². The molecule has 1 heterocycles. The van der Waals surface area contributed by atoms with E-state index in [1.807, 2.05) is 11.6 Å². The fourth-order valence-corrected chi connectivity index (χ4v) is 7.35. The summed E-state index contributed by atoms with van der Waals surface area (Å²) >= 11 is 0. The number of terminal acetylenes is 1. The summed E-state index contributed by atoms with van der Waals surface area (Å²) in [5.74, 6) is 0.870. The Hall–Kier alpha value is -4.15. The summed E-state index contributed by atoms with van der Waals surface area (Å²) in [5.41, 5.74) is 9.47. The molecule has 2 fully saturated rings. The van der Waals surface area contributed by atoms with E-state index in [-0.39, 0.29) is 11.6 Å². The van der Waals surface area contributed by atoms with Crippen LogP contribution < -0.4 is 16.5 Å². The molecule has 1 N–H and O–H groups in total. The summed E-state index contributed by atoms with van der Waals surface area (Å²) < 4.78 is 7.98. The highest BCUT2D eigenvalue weighted by molar-refractivity contribution is 5.80. The minimum Gasteiger partial charge on any atom is -0.471 e. The maximum absolute atomic E-state index is 14.1. The van der Waals surface area contributed by atoms with E-state index in [1.54, 1.807) is 6.20 Å². The van der Waals surface area contributed by atoms with Gasteiger partial charge >= 0.3 is 0 Å². The van der Waals surface area contributed by atoms with E-state index in [9.17, 15) is 4.79 Å². The molecule has 1 atom stereocenters. The maximum Gasteiger partial charge on any atom is 0.292 e. The molecule has 2 aromatic rings. The van der Waals surface area contributed by atoms with Crippen molar-refractivity contribution in [3.63, 3.8) is 0 Å². The van der Waals surface area contributed by atoms with Crippen molar-refractivity contribution in [2.24, 2.45) is 18.0 Å². The van der Waals surface area contributed by atoms with Gasteiger partial charge in [-0.3, -0.25) is 14.2 Å². The standard InChI is InChI=1S/C31H42N4O.C8H14.C2H4O2.C2H2/c1-5-12-29-28(30(36)35(26-14-8-7-9-15-26)31(33-6-2)34(29)4)21-23-17-19-24(20-18-23)27-16-11-10-13-25(27)22-32-3;1-3-8-6-4-5-7(8)2;1-4-2-3;1-2/h6,13,16-20,26,32H,2,5,7-12,14-15,21-22H2,1,3-4H3;8H,2-6H2,1H3;2H,1H3;1-2H. The van der Waals surface area contributed by atoms with Gasteiger partial charge in [-0.05, 0) is 93.0 Å². The molecule has 3 aliphatic carbocycles. The van der Waals surface area contributed by atoms with Crippen LogP contribution in [0.25, 0.3) is 5.57 Å². The Morgan fingerprint density at radius 1 is 1.04 bits per heavy atom. The molecule has 1 unspecified atom stereocenters. The summed E-state index contributed by atoms with van der Waals surface area (Å²) in [6.45, 7) is 13.5. The fraction of sp³-hybridized carbons (Fsp3) is 0.512. The largest absolute Gasteiger partial charge is 0.471 e. The van der Waals surface area contributed by atoms with Crippen molar-refractivity contribution in [2.75, 3.05) is 20.7 Å². The van der Waals surface area contributed by atoms with Gasteiger partial charge in [0, 0.05) is 43.5 Å². The van der Waals surface area contributed by atoms with Crippen molar-refractivity contribution in [1.82, 2.24) is 14.5 Å². The number of hydrogen-bond donors (Lipinski definition) is 1. The Labute approximate surface area is 302 Å². The van der Waals surface area contributed by atoms with Crippen molar-refractivity contribution < 1.29 is 9.53 Å². The van der Waals surface area contributed by atoms with Gasteiger partial charge in [0.2, 0.25) is 5.62 Å². The molecule has 1 aromatic carbocycles. The number of likely N-dealkylation sites (N-methyl/N-ethyl adjacent to an activating group) is 1. The van der Waals surface area contributed by atoms with E-state index in [0.29, 0.717) is 12.9 Å². The molecule has 0 saturated heterocycles. The average molecular weight is 683 g/mol. The molecular weight excluding hydrogens is 620 g/mol. The lowest BCUT2D eigenvalue weighted by molar-refractivity contribution is -0.126. The van der Waals surface area contributed by atoms with Crippen molar-refractivity contribution in [3.05, 3.63) is 105 Å². The highest BCUT2D eigenvalue weighted by atomic mass is 16.5. The number of nitrogens with zero attached hydrogens (tertiary/aromatic N) is 3. The molecule has 0 aliphatic heterocycles. The maximum atomic E-state index is 14.1. The third kappa shape index (κ3) is 11.7. The number of aromatic nitrogens is 2. The van der Waals surface area contributed by atoms with Gasteiger partial charge in [-0.15, -0.1) is 12.8 Å². The topological polar surface area (TPSA) is 77.6 Å². The smallest absolute Gasteiger partial charge is 0.292 e. The highest BCUT2D eigenvalue weighted by Gasteiger charge is 2.23. The molecule has 3 aliphatic rings. The van der Waals surface area contributed by atoms with E-state index in [1.165, 1.54) is 79.9 Å². The summed E-state index contributed by atoms with van der Waals surface area (Å²) in [6, 6.07) is 9.05. The van der Waals surface area contributed by atoms with Crippen LogP contribution in [-0.4, -0.2) is 36.3 Å². The first-order chi connectivity index (χ1) is 24.3. The first-order valence-electron chi connectivity index (χ1n) is 18.4. The van der Waals surface area contributed by atoms with Crippen LogP contribution >= 0.6 is 0 Å². The number of carbonyl (C=O) groups excluding carboxylic acids is 1. The van der Waals surface area contributed by atoms with Crippen molar-refractivity contribution in [1.29, 1.82) is 0 Å². The molecule has 7 nitrogen and oxygen atoms in total. The molecule has 0 spiro atoms. The molecule has 272 valence electrons. The van der Waals surface area contributed by atoms with Crippen molar-refractivity contribution in [3.8, 4) is 12.8 Å². The fourth-order valence-electron chi connectivity index (χ4n) is 7.35. The van der Waals surface area contributed by atoms with E-state index in [2.05, 4.69) is 103 Å². The van der Waals surface area contributed by atoms with Crippen LogP contribution in [0.4, 0.5) is 0 Å². The lowest BCUT2D eigenvalue weighted by Gasteiger charge is -2.27. The number of hydrogen-bond acceptors (Lipinski definition) is 5. The van der Waals surface area contributed by atoms with Gasteiger partial charge < -0.3 is 14.6 Å². The normalized spacial score (nSPS) is 17.5. The van der Waals surface area contributed by atoms with E-state index < -0.39 is 0 Å². The number of benzene rings is 1. The number of allylic oxidation sites excluding steroid dienone is 3. The molecule has 1 aromatic heterocycles. The zero-order valence-electron chi connectivity index (χ0n) is 31.5. The Bertz CT molecular complexity index is 1580. The van der Waals surface area contributed by atoms with Gasteiger partial charge in [-0.1, -0.05) is 94.7 Å². The number of rotatable bonds is 11. The van der Waals surface area contributed by atoms with Gasteiger partial charge in [-0.25, -0.2) is 4.99 Å². The second kappa shape index (κ2) is 23.3. The minimum atomic E-state index is 0.127. The first-order valence-corrected chi connectivity index (χ1v) is 18.4. The summed E-state index contributed by atoms with van der Waals surface area (Å²) in [7, 11) is 5.37. The zero-order chi connectivity index (χ0) is 36.9. The summed E-state index contributed by atoms with van der Waals surface area (Å²) in [4.78, 5) is 27.6. The lowest BCUT2D eigenvalue weighted by atomic mass is 9.90. The third-order valence-corrected chi connectivity index (χ3v) is 9.86. The van der Waals surface area contributed by atoms with Crippen LogP contribution in [0, 0.1) is 18.8 Å². The predicted molar refractivity (Wildman–Crippen MR) is 210 cm³/mol. The number of carbonyl (C=O) groups is 1. The van der Waals surface area contributed by atoms with Crippen LogP contribution in [0.2, 0.25) is 0 Å². The van der Waals surface area contributed by atoms with Crippen molar-refractivity contribution >= 4 is 12.0 Å². The van der Waals surface area contributed by atoms with E-state index in [0.717, 1.165) is 67.9 Å². The Morgan fingerprint density at radius 2 is 1.70 bits per heavy atom. The van der Waals surface area contributed by atoms with E-state index in [4.69, 9.17) is 4.79 Å². The molecule has 5 rings (SSSR count). The van der Waals surface area contributed by atoms with Gasteiger partial charge in [0.15, 0.2) is 0 Å². The number of methoxy groups -OCH3 is 1. The van der Waals surface area contributed by atoms with Gasteiger partial charge in [0.05, 0.1) is 7.11 Å². The molecule has 0 amide bonds.